The number of aliphatic hydroxyl groups is 2. The number of anilines is 1. The maximum atomic E-state index is 10.9. The van der Waals surface area contributed by atoms with Gasteiger partial charge in [-0.25, -0.2) is 15.0 Å². The van der Waals surface area contributed by atoms with Crippen molar-refractivity contribution in [3.8, 4) is 0 Å². The van der Waals surface area contributed by atoms with E-state index in [1.807, 2.05) is 20.8 Å². The molecule has 12 nitrogen and oxygen atoms in total. The minimum Gasteiger partial charge on any atom is -0.387 e. The van der Waals surface area contributed by atoms with Crippen molar-refractivity contribution in [1.82, 2.24) is 19.5 Å². The van der Waals surface area contributed by atoms with Crippen LogP contribution in [0.15, 0.2) is 6.33 Å². The normalized spacial score (nSPS) is 25.2. The number of nitrogens with zero attached hydrogens (tertiary/aromatic N) is 4. The molecule has 0 radical (unpaired) electrons. The van der Waals surface area contributed by atoms with Crippen LogP contribution in [0.4, 0.5) is 5.82 Å². The van der Waals surface area contributed by atoms with Crippen LogP contribution in [0, 0.1) is 0 Å². The Morgan fingerprint density at radius 1 is 1.31 bits per heavy atom. The Labute approximate surface area is 167 Å². The molecule has 162 valence electrons. The second-order valence-electron chi connectivity index (χ2n) is 7.18. The summed E-state index contributed by atoms with van der Waals surface area (Å²) in [5.74, 6) is 1.15. The number of aromatic nitrogens is 4. The molecule has 2 aromatic heterocycles. The highest BCUT2D eigenvalue weighted by Crippen LogP contribution is 2.36. The molecule has 2 aromatic rings. The number of aliphatic hydroxyl groups excluding tert-OH is 2. The summed E-state index contributed by atoms with van der Waals surface area (Å²) in [4.78, 5) is 31.0. The molecule has 1 saturated heterocycles. The molecule has 1 fully saturated rings. The lowest BCUT2D eigenvalue weighted by Gasteiger charge is -2.17. The van der Waals surface area contributed by atoms with Crippen LogP contribution in [-0.2, 0) is 20.5 Å². The zero-order valence-electron chi connectivity index (χ0n) is 16.3. The second-order valence-corrected chi connectivity index (χ2v) is 8.76. The first kappa shape index (κ1) is 22.0. The molecule has 0 aromatic carbocycles. The Bertz CT molecular complexity index is 901. The summed E-state index contributed by atoms with van der Waals surface area (Å²) in [7, 11) is -4.34. The first-order valence-electron chi connectivity index (χ1n) is 9.24. The molecular formula is C16H26N5O7P. The fourth-order valence-electron chi connectivity index (χ4n) is 3.06. The molecule has 0 amide bonds. The molecule has 29 heavy (non-hydrogen) atoms. The number of imidazole rings is 1. The van der Waals surface area contributed by atoms with Crippen LogP contribution >= 0.6 is 7.60 Å². The molecular weight excluding hydrogens is 405 g/mol. The highest BCUT2D eigenvalue weighted by Gasteiger charge is 2.44. The van der Waals surface area contributed by atoms with Crippen LogP contribution in [0.3, 0.4) is 0 Å². The zero-order valence-corrected chi connectivity index (χ0v) is 17.2. The molecule has 3 heterocycles. The quantitative estimate of drug-likeness (QED) is 0.356. The predicted molar refractivity (Wildman–Crippen MR) is 102 cm³/mol. The van der Waals surface area contributed by atoms with Gasteiger partial charge in [0.2, 0.25) is 0 Å². The van der Waals surface area contributed by atoms with E-state index in [1.165, 1.54) is 10.9 Å². The summed E-state index contributed by atoms with van der Waals surface area (Å²) < 4.78 is 23.1. The molecule has 5 N–H and O–H groups in total. The van der Waals surface area contributed by atoms with Gasteiger partial charge in [0.25, 0.3) is 0 Å². The lowest BCUT2D eigenvalue weighted by molar-refractivity contribution is -0.0613. The van der Waals surface area contributed by atoms with E-state index in [2.05, 4.69) is 20.3 Å². The standard InChI is InChI=1S/C16H26N5O7P/c1-4-10-19-14(18-8(2)3)11-15(20-10)21(6-17-11)16-13(23)12(22)9(28-16)5-27-7-29(24,25)26/h6,8-9,12-13,16,22-23H,4-5,7H2,1-3H3,(H,18,19,20)(H2,24,25,26)/t9-,12-,13-,16-/m1/s1. The molecule has 0 unspecified atom stereocenters. The Balaban J connectivity index is 1.87. The SMILES string of the molecule is CCc1nc(NC(C)C)c2ncn([C@@H]3O[C@H](COCP(=O)(O)O)[C@@H](O)[C@H]3O)c2n1. The largest absolute Gasteiger partial charge is 0.387 e. The third kappa shape index (κ3) is 4.92. The molecule has 0 aliphatic carbocycles. The van der Waals surface area contributed by atoms with Crippen LogP contribution in [0.5, 0.6) is 0 Å². The van der Waals surface area contributed by atoms with Crippen molar-refractivity contribution in [3.63, 3.8) is 0 Å². The first-order valence-corrected chi connectivity index (χ1v) is 11.0. The van der Waals surface area contributed by atoms with Crippen LogP contribution in [0.25, 0.3) is 11.2 Å². The van der Waals surface area contributed by atoms with Crippen molar-refractivity contribution in [2.24, 2.45) is 0 Å². The van der Waals surface area contributed by atoms with Gasteiger partial charge in [-0.3, -0.25) is 9.13 Å². The summed E-state index contributed by atoms with van der Waals surface area (Å²) in [6.45, 7) is 5.57. The third-order valence-electron chi connectivity index (χ3n) is 4.36. The van der Waals surface area contributed by atoms with E-state index in [1.54, 1.807) is 0 Å². The predicted octanol–water partition coefficient (Wildman–Crippen LogP) is -0.0200. The van der Waals surface area contributed by atoms with Gasteiger partial charge in [0, 0.05) is 12.5 Å². The Morgan fingerprint density at radius 2 is 2.03 bits per heavy atom. The van der Waals surface area contributed by atoms with Crippen LogP contribution in [-0.4, -0.2) is 76.8 Å². The number of fused-ring (bicyclic) bond motifs is 1. The molecule has 0 spiro atoms. The fourth-order valence-corrected chi connectivity index (χ4v) is 3.41. The number of rotatable bonds is 8. The third-order valence-corrected chi connectivity index (χ3v) is 4.88. The van der Waals surface area contributed by atoms with Crippen molar-refractivity contribution in [1.29, 1.82) is 0 Å². The van der Waals surface area contributed by atoms with E-state index in [-0.39, 0.29) is 12.6 Å². The minimum absolute atomic E-state index is 0.119. The van der Waals surface area contributed by atoms with E-state index in [0.29, 0.717) is 29.2 Å². The van der Waals surface area contributed by atoms with Gasteiger partial charge in [-0.2, -0.15) is 0 Å². The van der Waals surface area contributed by atoms with Crippen molar-refractivity contribution < 1.29 is 34.0 Å². The first-order chi connectivity index (χ1) is 13.6. The summed E-state index contributed by atoms with van der Waals surface area (Å²) in [5.41, 5.74) is 0.940. The Kier molecular flexibility index (Phi) is 6.54. The fraction of sp³-hybridized carbons (Fsp3) is 0.688. The lowest BCUT2D eigenvalue weighted by Crippen LogP contribution is -2.34. The summed E-state index contributed by atoms with van der Waals surface area (Å²) >= 11 is 0. The zero-order chi connectivity index (χ0) is 21.3. The van der Waals surface area contributed by atoms with Crippen LogP contribution in [0.2, 0.25) is 0 Å². The van der Waals surface area contributed by atoms with E-state index in [9.17, 15) is 14.8 Å². The Morgan fingerprint density at radius 3 is 2.66 bits per heavy atom. The molecule has 4 atom stereocenters. The van der Waals surface area contributed by atoms with E-state index in [4.69, 9.17) is 19.3 Å². The minimum atomic E-state index is -4.34. The van der Waals surface area contributed by atoms with Crippen molar-refractivity contribution in [2.45, 2.75) is 57.8 Å². The Hall–Kier alpha value is -1.66. The van der Waals surface area contributed by atoms with E-state index < -0.39 is 38.5 Å². The molecule has 1 aliphatic rings. The molecule has 13 heteroatoms. The number of aryl methyl sites for hydroxylation is 1. The van der Waals surface area contributed by atoms with Crippen molar-refractivity contribution in [3.05, 3.63) is 12.2 Å². The van der Waals surface area contributed by atoms with Crippen molar-refractivity contribution >= 4 is 24.6 Å². The summed E-state index contributed by atoms with van der Waals surface area (Å²) in [6.07, 6.45) is -3.35. The van der Waals surface area contributed by atoms with Gasteiger partial charge in [0.15, 0.2) is 23.2 Å². The number of hydrogen-bond acceptors (Lipinski definition) is 9. The molecule has 3 rings (SSSR count). The topological polar surface area (TPSA) is 172 Å². The van der Waals surface area contributed by atoms with E-state index in [0.717, 1.165) is 0 Å². The highest BCUT2D eigenvalue weighted by molar-refractivity contribution is 7.51. The smallest absolute Gasteiger partial charge is 0.350 e. The number of hydrogen-bond donors (Lipinski definition) is 5. The second kappa shape index (κ2) is 8.60. The maximum absolute atomic E-state index is 10.9. The van der Waals surface area contributed by atoms with Crippen LogP contribution < -0.4 is 5.32 Å². The number of nitrogens with one attached hydrogen (secondary N) is 1. The van der Waals surface area contributed by atoms with Gasteiger partial charge in [0.1, 0.15) is 30.5 Å². The van der Waals surface area contributed by atoms with E-state index >= 15 is 0 Å². The van der Waals surface area contributed by atoms with Gasteiger partial charge in [-0.1, -0.05) is 6.92 Å². The molecule has 1 aliphatic heterocycles. The summed E-state index contributed by atoms with van der Waals surface area (Å²) in [6, 6.07) is 0.119. The van der Waals surface area contributed by atoms with Gasteiger partial charge >= 0.3 is 7.60 Å². The average Bonchev–Trinajstić information content (AvgIpc) is 3.16. The van der Waals surface area contributed by atoms with Gasteiger partial charge in [-0.05, 0) is 13.8 Å². The van der Waals surface area contributed by atoms with Gasteiger partial charge < -0.3 is 34.8 Å². The lowest BCUT2D eigenvalue weighted by atomic mass is 10.1. The molecule has 0 bridgehead atoms. The average molecular weight is 431 g/mol. The van der Waals surface area contributed by atoms with Crippen molar-refractivity contribution in [2.75, 3.05) is 18.3 Å². The monoisotopic (exact) mass is 431 g/mol. The number of ether oxygens (including phenoxy) is 2. The van der Waals surface area contributed by atoms with Gasteiger partial charge in [-0.15, -0.1) is 0 Å². The highest BCUT2D eigenvalue weighted by atomic mass is 31.2. The summed E-state index contributed by atoms with van der Waals surface area (Å²) in [5, 5.41) is 24.0. The van der Waals surface area contributed by atoms with Crippen LogP contribution in [0.1, 0.15) is 32.8 Å². The van der Waals surface area contributed by atoms with Gasteiger partial charge in [0.05, 0.1) is 12.9 Å². The maximum Gasteiger partial charge on any atom is 0.350 e. The molecule has 0 saturated carbocycles.